The van der Waals surface area contributed by atoms with E-state index in [1.54, 1.807) is 0 Å². The first-order chi connectivity index (χ1) is 14.6. The lowest BCUT2D eigenvalue weighted by atomic mass is 9.78. The number of amides is 2. The summed E-state index contributed by atoms with van der Waals surface area (Å²) in [6.45, 7) is 7.33. The van der Waals surface area contributed by atoms with E-state index in [1.165, 1.54) is 6.42 Å². The van der Waals surface area contributed by atoms with Gasteiger partial charge in [0.15, 0.2) is 0 Å². The molecule has 1 aromatic rings. The van der Waals surface area contributed by atoms with Gasteiger partial charge in [0.05, 0.1) is 11.3 Å². The van der Waals surface area contributed by atoms with Gasteiger partial charge in [0.2, 0.25) is 0 Å². The number of nitrogens with zero attached hydrogens (tertiary/aromatic N) is 4. The molecular formula is C24H35N5O. The molecule has 3 fully saturated rings. The number of nitrogens with one attached hydrogen (secondary N) is 1. The average molecular weight is 410 g/mol. The average Bonchev–Trinajstić information content (AvgIpc) is 3.59. The van der Waals surface area contributed by atoms with Gasteiger partial charge in [-0.15, -0.1) is 0 Å². The maximum absolute atomic E-state index is 12.2. The van der Waals surface area contributed by atoms with Crippen LogP contribution in [-0.2, 0) is 6.42 Å². The Morgan fingerprint density at radius 1 is 1.23 bits per heavy atom. The molecule has 1 N–H and O–H groups in total. The monoisotopic (exact) mass is 409 g/mol. The molecule has 1 aliphatic heterocycles. The number of carbonyl (C=O) groups is 1. The van der Waals surface area contributed by atoms with Crippen molar-refractivity contribution in [3.63, 3.8) is 0 Å². The van der Waals surface area contributed by atoms with Crippen molar-refractivity contribution in [2.45, 2.75) is 57.5 Å². The van der Waals surface area contributed by atoms with E-state index in [4.69, 9.17) is 0 Å². The van der Waals surface area contributed by atoms with Gasteiger partial charge in [-0.05, 0) is 62.6 Å². The molecule has 30 heavy (non-hydrogen) atoms. The number of nitriles is 1. The lowest BCUT2D eigenvalue weighted by Gasteiger charge is -2.40. The number of rotatable bonds is 7. The molecule has 1 aromatic carbocycles. The number of anilines is 1. The lowest BCUT2D eigenvalue weighted by Crippen LogP contribution is -2.50. The van der Waals surface area contributed by atoms with Gasteiger partial charge in [-0.3, -0.25) is 4.90 Å². The molecule has 6 heteroatoms. The van der Waals surface area contributed by atoms with Crippen LogP contribution in [0.2, 0.25) is 0 Å². The fourth-order valence-electron chi connectivity index (χ4n) is 4.84. The number of benzene rings is 1. The first-order valence-electron chi connectivity index (χ1n) is 11.6. The fraction of sp³-hybridized carbons (Fsp3) is 0.667. The largest absolute Gasteiger partial charge is 0.368 e. The molecule has 0 bridgehead atoms. The third-order valence-corrected chi connectivity index (χ3v) is 7.17. The highest BCUT2D eigenvalue weighted by Crippen LogP contribution is 2.32. The standard InChI is InChI=1S/C24H35N5O/c1-3-19-5-4-6-23(22(19)17-25)29-13-11-28(12-14-29)10-9-18-15-20(16-18)26-24(30)27(2)21-7-8-21/h4-6,18,20-21H,3,7-16H2,1-2H3,(H,26,30). The highest BCUT2D eigenvalue weighted by molar-refractivity contribution is 5.75. The van der Waals surface area contributed by atoms with Crippen molar-refractivity contribution >= 4 is 11.7 Å². The van der Waals surface area contributed by atoms with E-state index < -0.39 is 0 Å². The predicted octanol–water partition coefficient (Wildman–Crippen LogP) is 3.22. The van der Waals surface area contributed by atoms with Gasteiger partial charge in [-0.2, -0.15) is 5.26 Å². The molecule has 1 heterocycles. The number of urea groups is 1. The number of carbonyl (C=O) groups excluding carboxylic acids is 1. The molecule has 2 aliphatic carbocycles. The second kappa shape index (κ2) is 9.26. The summed E-state index contributed by atoms with van der Waals surface area (Å²) < 4.78 is 0. The van der Waals surface area contributed by atoms with Crippen LogP contribution in [-0.4, -0.2) is 67.7 Å². The van der Waals surface area contributed by atoms with Gasteiger partial charge in [0.25, 0.3) is 0 Å². The first-order valence-corrected chi connectivity index (χ1v) is 11.6. The number of piperazine rings is 1. The minimum Gasteiger partial charge on any atom is -0.368 e. The van der Waals surface area contributed by atoms with Crippen molar-refractivity contribution in [2.75, 3.05) is 44.7 Å². The molecule has 0 aromatic heterocycles. The molecular weight excluding hydrogens is 374 g/mol. The molecule has 1 saturated heterocycles. The zero-order valence-electron chi connectivity index (χ0n) is 18.4. The van der Waals surface area contributed by atoms with E-state index in [-0.39, 0.29) is 6.03 Å². The van der Waals surface area contributed by atoms with Gasteiger partial charge >= 0.3 is 6.03 Å². The van der Waals surface area contributed by atoms with E-state index in [2.05, 4.69) is 46.3 Å². The molecule has 2 saturated carbocycles. The SMILES string of the molecule is CCc1cccc(N2CCN(CCC3CC(NC(=O)N(C)C4CC4)C3)CC2)c1C#N. The van der Waals surface area contributed by atoms with Crippen LogP contribution >= 0.6 is 0 Å². The molecule has 0 radical (unpaired) electrons. The van der Waals surface area contributed by atoms with Crippen molar-refractivity contribution in [1.82, 2.24) is 15.1 Å². The zero-order valence-corrected chi connectivity index (χ0v) is 18.4. The molecule has 0 spiro atoms. The predicted molar refractivity (Wildman–Crippen MR) is 120 cm³/mol. The van der Waals surface area contributed by atoms with Crippen molar-refractivity contribution in [3.8, 4) is 6.07 Å². The van der Waals surface area contributed by atoms with Crippen LogP contribution in [0.1, 0.15) is 50.2 Å². The Hall–Kier alpha value is -2.26. The summed E-state index contributed by atoms with van der Waals surface area (Å²) in [7, 11) is 1.92. The maximum atomic E-state index is 12.2. The third kappa shape index (κ3) is 4.73. The minimum absolute atomic E-state index is 0.112. The van der Waals surface area contributed by atoms with Gasteiger partial charge in [0.1, 0.15) is 6.07 Å². The van der Waals surface area contributed by atoms with Crippen LogP contribution < -0.4 is 10.2 Å². The van der Waals surface area contributed by atoms with Crippen molar-refractivity contribution in [3.05, 3.63) is 29.3 Å². The summed E-state index contributed by atoms with van der Waals surface area (Å²) in [5.41, 5.74) is 3.10. The molecule has 0 atom stereocenters. The Morgan fingerprint density at radius 3 is 2.60 bits per heavy atom. The van der Waals surface area contributed by atoms with Gasteiger partial charge in [0, 0.05) is 45.3 Å². The highest BCUT2D eigenvalue weighted by atomic mass is 16.2. The van der Waals surface area contributed by atoms with Gasteiger partial charge in [-0.1, -0.05) is 19.1 Å². The van der Waals surface area contributed by atoms with Crippen LogP contribution in [0.4, 0.5) is 10.5 Å². The summed E-state index contributed by atoms with van der Waals surface area (Å²) in [5.74, 6) is 0.742. The Balaban J connectivity index is 1.16. The van der Waals surface area contributed by atoms with E-state index in [0.29, 0.717) is 12.1 Å². The first kappa shape index (κ1) is 21.0. The Morgan fingerprint density at radius 2 is 1.97 bits per heavy atom. The van der Waals surface area contributed by atoms with Crippen LogP contribution in [0.25, 0.3) is 0 Å². The summed E-state index contributed by atoms with van der Waals surface area (Å²) in [6, 6.07) is 9.63. The molecule has 4 rings (SSSR count). The fourth-order valence-corrected chi connectivity index (χ4v) is 4.84. The second-order valence-electron chi connectivity index (χ2n) is 9.22. The maximum Gasteiger partial charge on any atom is 0.317 e. The van der Waals surface area contributed by atoms with Crippen molar-refractivity contribution < 1.29 is 4.79 Å². The smallest absolute Gasteiger partial charge is 0.317 e. The summed E-state index contributed by atoms with van der Waals surface area (Å²) in [5, 5.41) is 12.8. The summed E-state index contributed by atoms with van der Waals surface area (Å²) in [4.78, 5) is 19.0. The lowest BCUT2D eigenvalue weighted by molar-refractivity contribution is 0.158. The van der Waals surface area contributed by atoms with E-state index in [0.717, 1.165) is 87.6 Å². The van der Waals surface area contributed by atoms with Crippen LogP contribution in [0.3, 0.4) is 0 Å². The topological polar surface area (TPSA) is 62.6 Å². The number of hydrogen-bond donors (Lipinski definition) is 1. The molecule has 2 amide bonds. The van der Waals surface area contributed by atoms with Crippen LogP contribution in [0.5, 0.6) is 0 Å². The quantitative estimate of drug-likeness (QED) is 0.751. The number of hydrogen-bond acceptors (Lipinski definition) is 4. The van der Waals surface area contributed by atoms with Crippen LogP contribution in [0, 0.1) is 17.2 Å². The summed E-state index contributed by atoms with van der Waals surface area (Å²) >= 11 is 0. The Bertz CT molecular complexity index is 785. The van der Waals surface area contributed by atoms with E-state index >= 15 is 0 Å². The van der Waals surface area contributed by atoms with Crippen molar-refractivity contribution in [1.29, 1.82) is 5.26 Å². The van der Waals surface area contributed by atoms with E-state index in [1.807, 2.05) is 11.9 Å². The second-order valence-corrected chi connectivity index (χ2v) is 9.22. The zero-order chi connectivity index (χ0) is 21.1. The highest BCUT2D eigenvalue weighted by Gasteiger charge is 2.34. The summed E-state index contributed by atoms with van der Waals surface area (Å²) in [6.07, 6.45) is 6.69. The van der Waals surface area contributed by atoms with Crippen molar-refractivity contribution in [2.24, 2.45) is 5.92 Å². The molecule has 0 unspecified atom stereocenters. The number of aryl methyl sites for hydroxylation is 1. The normalized spacial score (nSPS) is 24.1. The van der Waals surface area contributed by atoms with Gasteiger partial charge < -0.3 is 15.1 Å². The Labute approximate surface area is 180 Å². The van der Waals surface area contributed by atoms with Gasteiger partial charge in [-0.25, -0.2) is 4.79 Å². The molecule has 3 aliphatic rings. The minimum atomic E-state index is 0.112. The Kier molecular flexibility index (Phi) is 6.48. The molecule has 6 nitrogen and oxygen atoms in total. The third-order valence-electron chi connectivity index (χ3n) is 7.17. The van der Waals surface area contributed by atoms with Crippen LogP contribution in [0.15, 0.2) is 18.2 Å². The molecule has 162 valence electrons. The van der Waals surface area contributed by atoms with E-state index in [9.17, 15) is 10.1 Å².